The van der Waals surface area contributed by atoms with E-state index in [0.29, 0.717) is 5.56 Å². The first kappa shape index (κ1) is 21.8. The van der Waals surface area contributed by atoms with Crippen molar-refractivity contribution in [2.75, 3.05) is 0 Å². The largest absolute Gasteiger partial charge is 0.205 e. The van der Waals surface area contributed by atoms with E-state index in [9.17, 15) is 4.39 Å². The van der Waals surface area contributed by atoms with Crippen LogP contribution in [0.15, 0.2) is 55.1 Å². The minimum atomic E-state index is -0.296. The Kier molecular flexibility index (Phi) is 8.12. The van der Waals surface area contributed by atoms with Gasteiger partial charge >= 0.3 is 0 Å². The second kappa shape index (κ2) is 10.8. The second-order valence-corrected chi connectivity index (χ2v) is 8.55. The van der Waals surface area contributed by atoms with Gasteiger partial charge in [-0.25, -0.2) is 4.39 Å². The zero-order valence-corrected chi connectivity index (χ0v) is 18.3. The molecule has 1 aliphatic carbocycles. The molecule has 1 atom stereocenters. The second-order valence-electron chi connectivity index (χ2n) is 8.17. The van der Waals surface area contributed by atoms with Crippen LogP contribution in [0.3, 0.4) is 0 Å². The van der Waals surface area contributed by atoms with E-state index in [1.54, 1.807) is 0 Å². The molecule has 0 aliphatic heterocycles. The van der Waals surface area contributed by atoms with E-state index in [1.807, 2.05) is 30.3 Å². The Labute approximate surface area is 180 Å². The highest BCUT2D eigenvalue weighted by Crippen LogP contribution is 2.35. The summed E-state index contributed by atoms with van der Waals surface area (Å²) in [6.07, 6.45) is 14.4. The molecule has 0 radical (unpaired) electrons. The van der Waals surface area contributed by atoms with Crippen LogP contribution in [0.1, 0.15) is 69.4 Å². The van der Waals surface area contributed by atoms with Gasteiger partial charge in [-0.3, -0.25) is 0 Å². The molecule has 0 saturated carbocycles. The monoisotopic (exact) mass is 410 g/mol. The minimum Gasteiger partial charge on any atom is -0.205 e. The maximum atomic E-state index is 14.9. The molecule has 1 unspecified atom stereocenters. The first-order valence-corrected chi connectivity index (χ1v) is 11.4. The molecule has 2 aromatic rings. The first-order valence-electron chi connectivity index (χ1n) is 11.0. The molecule has 0 heterocycles. The molecule has 2 aromatic carbocycles. The molecule has 0 amide bonds. The Balaban J connectivity index is 1.71. The van der Waals surface area contributed by atoms with Crippen molar-refractivity contribution in [3.05, 3.63) is 77.1 Å². The van der Waals surface area contributed by atoms with Gasteiger partial charge in [0.1, 0.15) is 5.82 Å². The van der Waals surface area contributed by atoms with Crippen LogP contribution in [0.4, 0.5) is 4.39 Å². The average molecular weight is 411 g/mol. The lowest BCUT2D eigenvalue weighted by Gasteiger charge is -2.22. The smallest absolute Gasteiger partial charge is 0.149 e. The topological polar surface area (TPSA) is 0 Å². The molecule has 0 nitrogen and oxygen atoms in total. The molecule has 29 heavy (non-hydrogen) atoms. The van der Waals surface area contributed by atoms with Gasteiger partial charge in [-0.15, -0.1) is 6.58 Å². The SMILES string of the molecule is C=CCCC1CC=C(c2ccc(-c3ccc(CCCCC)c(Cl)c3F)cc2)CC1. The van der Waals surface area contributed by atoms with Gasteiger partial charge in [-0.1, -0.05) is 79.9 Å². The fourth-order valence-corrected chi connectivity index (χ4v) is 4.46. The molecule has 0 bridgehead atoms. The highest BCUT2D eigenvalue weighted by Gasteiger charge is 2.16. The first-order chi connectivity index (χ1) is 14.1. The maximum absolute atomic E-state index is 14.9. The van der Waals surface area contributed by atoms with Crippen molar-refractivity contribution in [1.29, 1.82) is 0 Å². The molecular weight excluding hydrogens is 379 g/mol. The quantitative estimate of drug-likeness (QED) is 0.285. The van der Waals surface area contributed by atoms with Crippen LogP contribution in [0.5, 0.6) is 0 Å². The number of unbranched alkanes of at least 4 members (excludes halogenated alkanes) is 2. The van der Waals surface area contributed by atoms with Gasteiger partial charge in [0.25, 0.3) is 0 Å². The predicted octanol–water partition coefficient (Wildman–Crippen LogP) is 9.03. The Bertz CT molecular complexity index is 848. The normalized spacial score (nSPS) is 16.5. The Hall–Kier alpha value is -1.86. The summed E-state index contributed by atoms with van der Waals surface area (Å²) in [4.78, 5) is 0. The van der Waals surface area contributed by atoms with Gasteiger partial charge in [-0.05, 0) is 73.1 Å². The van der Waals surface area contributed by atoms with E-state index in [4.69, 9.17) is 11.6 Å². The van der Waals surface area contributed by atoms with Crippen LogP contribution in [0, 0.1) is 11.7 Å². The van der Waals surface area contributed by atoms with Crippen LogP contribution in [-0.2, 0) is 6.42 Å². The van der Waals surface area contributed by atoms with Crippen molar-refractivity contribution in [3.63, 3.8) is 0 Å². The van der Waals surface area contributed by atoms with Crippen molar-refractivity contribution < 1.29 is 4.39 Å². The highest BCUT2D eigenvalue weighted by atomic mass is 35.5. The minimum absolute atomic E-state index is 0.281. The van der Waals surface area contributed by atoms with Gasteiger partial charge < -0.3 is 0 Å². The van der Waals surface area contributed by atoms with Crippen molar-refractivity contribution in [2.45, 2.75) is 64.7 Å². The number of benzene rings is 2. The summed E-state index contributed by atoms with van der Waals surface area (Å²) >= 11 is 6.34. The van der Waals surface area contributed by atoms with E-state index < -0.39 is 0 Å². The lowest BCUT2D eigenvalue weighted by molar-refractivity contribution is 0.454. The van der Waals surface area contributed by atoms with Crippen molar-refractivity contribution in [2.24, 2.45) is 5.92 Å². The highest BCUT2D eigenvalue weighted by molar-refractivity contribution is 6.31. The lowest BCUT2D eigenvalue weighted by Crippen LogP contribution is -2.05. The predicted molar refractivity (Wildman–Crippen MR) is 125 cm³/mol. The zero-order valence-electron chi connectivity index (χ0n) is 17.5. The summed E-state index contributed by atoms with van der Waals surface area (Å²) in [7, 11) is 0. The molecule has 0 fully saturated rings. The third-order valence-corrected chi connectivity index (χ3v) is 6.49. The number of hydrogen-bond donors (Lipinski definition) is 0. The summed E-state index contributed by atoms with van der Waals surface area (Å²) in [5.41, 5.74) is 5.04. The number of hydrogen-bond acceptors (Lipinski definition) is 0. The molecule has 0 N–H and O–H groups in total. The number of aryl methyl sites for hydroxylation is 1. The molecule has 0 aromatic heterocycles. The third kappa shape index (κ3) is 5.60. The Morgan fingerprint density at radius 3 is 2.52 bits per heavy atom. The molecule has 0 spiro atoms. The van der Waals surface area contributed by atoms with Crippen LogP contribution in [-0.4, -0.2) is 0 Å². The number of halogens is 2. The van der Waals surface area contributed by atoms with E-state index in [2.05, 4.69) is 31.7 Å². The number of rotatable bonds is 9. The van der Waals surface area contributed by atoms with Gasteiger partial charge in [-0.2, -0.15) is 0 Å². The molecule has 0 saturated heterocycles. The van der Waals surface area contributed by atoms with Crippen LogP contribution < -0.4 is 0 Å². The molecule has 2 heteroatoms. The maximum Gasteiger partial charge on any atom is 0.149 e. The standard InChI is InChI=1S/C27H32ClF/c1-3-5-7-9-24-18-19-25(27(29)26(24)28)23-16-14-22(15-17-23)21-12-10-20(11-13-21)8-6-4-2/h4,12,14-20H,2-3,5-11,13H2,1H3. The number of allylic oxidation sites excluding steroid dienone is 3. The fourth-order valence-electron chi connectivity index (χ4n) is 4.20. The van der Waals surface area contributed by atoms with Gasteiger partial charge in [0.15, 0.2) is 0 Å². The third-order valence-electron chi connectivity index (χ3n) is 6.08. The van der Waals surface area contributed by atoms with Gasteiger partial charge in [0.2, 0.25) is 0 Å². The van der Waals surface area contributed by atoms with Gasteiger partial charge in [0.05, 0.1) is 5.02 Å². The molecule has 3 rings (SSSR count). The van der Waals surface area contributed by atoms with Crippen molar-refractivity contribution >= 4 is 17.2 Å². The van der Waals surface area contributed by atoms with E-state index >= 15 is 0 Å². The van der Waals surface area contributed by atoms with E-state index in [0.717, 1.165) is 62.0 Å². The summed E-state index contributed by atoms with van der Waals surface area (Å²) in [5, 5.41) is 0.281. The Morgan fingerprint density at radius 2 is 1.86 bits per heavy atom. The van der Waals surface area contributed by atoms with Crippen LogP contribution in [0.2, 0.25) is 5.02 Å². The fraction of sp³-hybridized carbons (Fsp3) is 0.407. The molecule has 1 aliphatic rings. The average Bonchev–Trinajstić information content (AvgIpc) is 2.76. The Morgan fingerprint density at radius 1 is 1.10 bits per heavy atom. The van der Waals surface area contributed by atoms with E-state index in [1.165, 1.54) is 24.0 Å². The zero-order chi connectivity index (χ0) is 20.6. The molecular formula is C27H32ClF. The van der Waals surface area contributed by atoms with Crippen LogP contribution in [0.25, 0.3) is 16.7 Å². The van der Waals surface area contributed by atoms with Gasteiger partial charge in [0, 0.05) is 5.56 Å². The van der Waals surface area contributed by atoms with Crippen molar-refractivity contribution in [3.8, 4) is 11.1 Å². The molecule has 154 valence electrons. The summed E-state index contributed by atoms with van der Waals surface area (Å²) in [6, 6.07) is 12.1. The van der Waals surface area contributed by atoms with Crippen LogP contribution >= 0.6 is 11.6 Å². The summed E-state index contributed by atoms with van der Waals surface area (Å²) < 4.78 is 14.9. The lowest BCUT2D eigenvalue weighted by atomic mass is 9.84. The van der Waals surface area contributed by atoms with Crippen molar-refractivity contribution in [1.82, 2.24) is 0 Å². The summed E-state index contributed by atoms with van der Waals surface area (Å²) in [5.74, 6) is 0.485. The van der Waals surface area contributed by atoms with E-state index in [-0.39, 0.29) is 10.8 Å². The summed E-state index contributed by atoms with van der Waals surface area (Å²) in [6.45, 7) is 5.99.